The number of halogens is 1. The highest BCUT2D eigenvalue weighted by atomic mass is 32.1. The number of nitrogens with zero attached hydrogens (tertiary/aromatic N) is 4. The van der Waals surface area contributed by atoms with E-state index in [1.54, 1.807) is 34.8 Å². The Morgan fingerprint density at radius 1 is 1.07 bits per heavy atom. The van der Waals surface area contributed by atoms with Crippen molar-refractivity contribution in [1.82, 2.24) is 4.68 Å². The van der Waals surface area contributed by atoms with Gasteiger partial charge in [0.1, 0.15) is 5.82 Å². The third-order valence-electron chi connectivity index (χ3n) is 4.67. The summed E-state index contributed by atoms with van der Waals surface area (Å²) in [4.78, 5) is 19.8. The van der Waals surface area contributed by atoms with Crippen LogP contribution in [0.25, 0.3) is 11.3 Å². The van der Waals surface area contributed by atoms with E-state index in [0.29, 0.717) is 34.2 Å². The van der Waals surface area contributed by atoms with Gasteiger partial charge in [0.15, 0.2) is 5.71 Å². The number of benzene rings is 2. The third kappa shape index (κ3) is 3.42. The molecule has 0 saturated carbocycles. The van der Waals surface area contributed by atoms with Gasteiger partial charge in [0, 0.05) is 30.1 Å². The first-order chi connectivity index (χ1) is 14.0. The largest absolute Gasteiger partial charge is 0.306 e. The van der Waals surface area contributed by atoms with Crippen molar-refractivity contribution in [2.24, 2.45) is 16.0 Å². The SMILES string of the molecule is CN=c1scc(-c2ccccc2F)n1N=C1C(=O)N(CC(C)C)c2ccccc21. The zero-order valence-electron chi connectivity index (χ0n) is 16.5. The van der Waals surface area contributed by atoms with Gasteiger partial charge in [-0.3, -0.25) is 9.79 Å². The van der Waals surface area contributed by atoms with Crippen molar-refractivity contribution in [2.75, 3.05) is 18.5 Å². The summed E-state index contributed by atoms with van der Waals surface area (Å²) >= 11 is 1.35. The second-order valence-corrected chi connectivity index (χ2v) is 8.03. The lowest BCUT2D eigenvalue weighted by Gasteiger charge is -2.18. The maximum atomic E-state index is 14.4. The third-order valence-corrected chi connectivity index (χ3v) is 5.58. The summed E-state index contributed by atoms with van der Waals surface area (Å²) in [5, 5.41) is 6.49. The van der Waals surface area contributed by atoms with Crippen LogP contribution in [0, 0.1) is 11.7 Å². The van der Waals surface area contributed by atoms with E-state index < -0.39 is 0 Å². The van der Waals surface area contributed by atoms with Crippen molar-refractivity contribution in [1.29, 1.82) is 0 Å². The van der Waals surface area contributed by atoms with Gasteiger partial charge < -0.3 is 4.90 Å². The predicted octanol–water partition coefficient (Wildman–Crippen LogP) is 4.14. The number of carbonyl (C=O) groups excluding carboxylic acids is 1. The summed E-state index contributed by atoms with van der Waals surface area (Å²) in [6.07, 6.45) is 0. The molecule has 2 heterocycles. The summed E-state index contributed by atoms with van der Waals surface area (Å²) < 4.78 is 16.0. The molecule has 5 nitrogen and oxygen atoms in total. The molecule has 7 heteroatoms. The number of para-hydroxylation sites is 1. The van der Waals surface area contributed by atoms with E-state index in [4.69, 9.17) is 0 Å². The number of carbonyl (C=O) groups is 1. The van der Waals surface area contributed by atoms with Gasteiger partial charge in [-0.25, -0.2) is 9.07 Å². The van der Waals surface area contributed by atoms with Gasteiger partial charge >= 0.3 is 0 Å². The van der Waals surface area contributed by atoms with Crippen molar-refractivity contribution in [3.05, 3.63) is 70.1 Å². The highest BCUT2D eigenvalue weighted by molar-refractivity contribution is 7.07. The Morgan fingerprint density at radius 2 is 1.76 bits per heavy atom. The number of hydrogen-bond donors (Lipinski definition) is 0. The Bertz CT molecular complexity index is 1180. The minimum absolute atomic E-state index is 0.153. The van der Waals surface area contributed by atoms with E-state index in [1.165, 1.54) is 17.4 Å². The second kappa shape index (κ2) is 7.75. The molecule has 2 aromatic carbocycles. The molecule has 1 aliphatic rings. The van der Waals surface area contributed by atoms with Crippen LogP contribution in [-0.2, 0) is 4.79 Å². The van der Waals surface area contributed by atoms with Crippen molar-refractivity contribution in [3.8, 4) is 11.3 Å². The standard InChI is InChI=1S/C22H21FN4OS/c1-14(2)12-26-18-11-7-5-9-16(18)20(21(26)28)25-27-19(13-29-22(27)24-3)15-8-4-6-10-17(15)23/h4-11,13-14H,12H2,1-3H3. The van der Waals surface area contributed by atoms with Crippen molar-refractivity contribution >= 4 is 28.6 Å². The lowest BCUT2D eigenvalue weighted by molar-refractivity contribution is -0.112. The number of hydrogen-bond acceptors (Lipinski definition) is 4. The van der Waals surface area contributed by atoms with Gasteiger partial charge in [0.05, 0.1) is 11.4 Å². The van der Waals surface area contributed by atoms with Crippen LogP contribution in [-0.4, -0.2) is 29.9 Å². The molecule has 0 aliphatic carbocycles. The molecular formula is C22H21FN4OS. The number of anilines is 1. The molecular weight excluding hydrogens is 387 g/mol. The molecule has 0 atom stereocenters. The normalized spacial score (nSPS) is 15.6. The lowest BCUT2D eigenvalue weighted by Crippen LogP contribution is -2.33. The van der Waals surface area contributed by atoms with Crippen molar-refractivity contribution in [3.63, 3.8) is 0 Å². The summed E-state index contributed by atoms with van der Waals surface area (Å²) in [6, 6.07) is 14.2. The van der Waals surface area contributed by atoms with Crippen LogP contribution in [0.15, 0.2) is 64.0 Å². The average Bonchev–Trinajstić information content (AvgIpc) is 3.23. The minimum Gasteiger partial charge on any atom is -0.306 e. The number of thiazole rings is 1. The fraction of sp³-hybridized carbons (Fsp3) is 0.227. The first-order valence-corrected chi connectivity index (χ1v) is 10.3. The molecule has 3 aromatic rings. The Kier molecular flexibility index (Phi) is 5.15. The lowest BCUT2D eigenvalue weighted by atomic mass is 10.1. The Hall–Kier alpha value is -3.06. The molecule has 0 spiro atoms. The maximum absolute atomic E-state index is 14.4. The van der Waals surface area contributed by atoms with Crippen LogP contribution in [0.3, 0.4) is 0 Å². The molecule has 1 aliphatic heterocycles. The summed E-state index contributed by atoms with van der Waals surface area (Å²) in [5.74, 6) is -0.183. The van der Waals surface area contributed by atoms with E-state index in [-0.39, 0.29) is 11.7 Å². The van der Waals surface area contributed by atoms with Gasteiger partial charge in [0.25, 0.3) is 5.91 Å². The molecule has 4 rings (SSSR count). The minimum atomic E-state index is -0.346. The van der Waals surface area contributed by atoms with Crippen LogP contribution in [0.2, 0.25) is 0 Å². The van der Waals surface area contributed by atoms with Gasteiger partial charge in [-0.15, -0.1) is 11.3 Å². The van der Waals surface area contributed by atoms with Crippen molar-refractivity contribution in [2.45, 2.75) is 13.8 Å². The van der Waals surface area contributed by atoms with E-state index in [0.717, 1.165) is 11.3 Å². The number of rotatable bonds is 4. The highest BCUT2D eigenvalue weighted by Crippen LogP contribution is 2.31. The molecule has 0 N–H and O–H groups in total. The van der Waals surface area contributed by atoms with Crippen LogP contribution in [0.5, 0.6) is 0 Å². The van der Waals surface area contributed by atoms with Crippen LogP contribution >= 0.6 is 11.3 Å². The average molecular weight is 409 g/mol. The van der Waals surface area contributed by atoms with E-state index in [2.05, 4.69) is 23.9 Å². The van der Waals surface area contributed by atoms with E-state index >= 15 is 0 Å². The summed E-state index contributed by atoms with van der Waals surface area (Å²) in [6.45, 7) is 4.75. The first kappa shape index (κ1) is 19.3. The van der Waals surface area contributed by atoms with Gasteiger partial charge in [-0.2, -0.15) is 5.10 Å². The monoisotopic (exact) mass is 408 g/mol. The van der Waals surface area contributed by atoms with Gasteiger partial charge in [0.2, 0.25) is 4.80 Å². The van der Waals surface area contributed by atoms with Gasteiger partial charge in [-0.1, -0.05) is 44.2 Å². The molecule has 0 radical (unpaired) electrons. The van der Waals surface area contributed by atoms with Crippen molar-refractivity contribution < 1.29 is 9.18 Å². The Balaban J connectivity index is 1.91. The quantitative estimate of drug-likeness (QED) is 0.640. The number of fused-ring (bicyclic) bond motifs is 1. The zero-order valence-corrected chi connectivity index (χ0v) is 17.3. The van der Waals surface area contributed by atoms with Crippen LogP contribution < -0.4 is 9.70 Å². The van der Waals surface area contributed by atoms with Gasteiger partial charge in [-0.05, 0) is 24.1 Å². The predicted molar refractivity (Wildman–Crippen MR) is 115 cm³/mol. The van der Waals surface area contributed by atoms with Crippen LogP contribution in [0.1, 0.15) is 19.4 Å². The molecule has 0 bridgehead atoms. The molecule has 0 saturated heterocycles. The fourth-order valence-corrected chi connectivity index (χ4v) is 4.20. The Morgan fingerprint density at radius 3 is 2.45 bits per heavy atom. The van der Waals surface area contributed by atoms with Crippen LogP contribution in [0.4, 0.5) is 10.1 Å². The fourth-order valence-electron chi connectivity index (χ4n) is 3.41. The Labute approximate surface area is 172 Å². The van der Waals surface area contributed by atoms with E-state index in [9.17, 15) is 9.18 Å². The maximum Gasteiger partial charge on any atom is 0.279 e. The molecule has 0 unspecified atom stereocenters. The first-order valence-electron chi connectivity index (χ1n) is 9.39. The number of aromatic nitrogens is 1. The molecule has 1 amide bonds. The molecule has 0 fully saturated rings. The topological polar surface area (TPSA) is 50.0 Å². The molecule has 1 aromatic heterocycles. The summed E-state index contributed by atoms with van der Waals surface area (Å²) in [7, 11) is 1.66. The number of amides is 1. The molecule has 29 heavy (non-hydrogen) atoms. The zero-order chi connectivity index (χ0) is 20.5. The highest BCUT2D eigenvalue weighted by Gasteiger charge is 2.34. The molecule has 148 valence electrons. The second-order valence-electron chi connectivity index (χ2n) is 7.19. The summed E-state index contributed by atoms with van der Waals surface area (Å²) in [5.41, 5.74) is 2.95. The van der Waals surface area contributed by atoms with E-state index in [1.807, 2.05) is 29.6 Å². The smallest absolute Gasteiger partial charge is 0.279 e.